The smallest absolute Gasteiger partial charge is 0.252 e. The van der Waals surface area contributed by atoms with Crippen LogP contribution in [0.15, 0.2) is 18.2 Å². The fourth-order valence-electron chi connectivity index (χ4n) is 1.65. The summed E-state index contributed by atoms with van der Waals surface area (Å²) in [5, 5.41) is 0. The van der Waals surface area contributed by atoms with Crippen molar-refractivity contribution >= 4 is 11.6 Å². The quantitative estimate of drug-likeness (QED) is 0.622. The zero-order valence-corrected chi connectivity index (χ0v) is 11.3. The lowest BCUT2D eigenvalue weighted by atomic mass is 9.91. The Hall–Kier alpha value is -1.71. The van der Waals surface area contributed by atoms with Crippen molar-refractivity contribution in [1.29, 1.82) is 0 Å². The molecule has 1 rings (SSSR count). The fraction of sp³-hybridized carbons (Fsp3) is 0.500. The summed E-state index contributed by atoms with van der Waals surface area (Å²) < 4.78 is 5.59. The summed E-state index contributed by atoms with van der Waals surface area (Å²) in [5.41, 5.74) is 12.0. The largest absolute Gasteiger partial charge is 0.493 e. The third-order valence-corrected chi connectivity index (χ3v) is 2.60. The average molecular weight is 250 g/mol. The van der Waals surface area contributed by atoms with E-state index in [1.54, 1.807) is 18.2 Å². The van der Waals surface area contributed by atoms with Crippen molar-refractivity contribution in [3.63, 3.8) is 0 Å². The van der Waals surface area contributed by atoms with Crippen LogP contribution in [0.1, 0.15) is 44.0 Å². The summed E-state index contributed by atoms with van der Waals surface area (Å²) >= 11 is 0. The Morgan fingerprint density at radius 3 is 2.56 bits per heavy atom. The summed E-state index contributed by atoms with van der Waals surface area (Å²) in [6.07, 6.45) is 2.00. The van der Waals surface area contributed by atoms with E-state index in [2.05, 4.69) is 20.8 Å². The average Bonchev–Trinajstić information content (AvgIpc) is 2.24. The number of nitrogen functional groups attached to an aromatic ring is 1. The monoisotopic (exact) mass is 250 g/mol. The van der Waals surface area contributed by atoms with Crippen molar-refractivity contribution in [2.24, 2.45) is 11.1 Å². The highest BCUT2D eigenvalue weighted by molar-refractivity contribution is 5.96. The minimum absolute atomic E-state index is 0.289. The van der Waals surface area contributed by atoms with Crippen molar-refractivity contribution in [2.75, 3.05) is 12.3 Å². The second-order valence-corrected chi connectivity index (χ2v) is 5.63. The highest BCUT2D eigenvalue weighted by atomic mass is 16.5. The lowest BCUT2D eigenvalue weighted by Gasteiger charge is -2.18. The van der Waals surface area contributed by atoms with Crippen LogP contribution in [0.5, 0.6) is 5.75 Å². The molecule has 0 aliphatic heterocycles. The Kier molecular flexibility index (Phi) is 4.59. The first-order valence-electron chi connectivity index (χ1n) is 6.12. The number of anilines is 1. The molecule has 4 N–H and O–H groups in total. The third-order valence-electron chi connectivity index (χ3n) is 2.60. The van der Waals surface area contributed by atoms with Crippen molar-refractivity contribution in [3.05, 3.63) is 23.8 Å². The first-order valence-corrected chi connectivity index (χ1v) is 6.12. The van der Waals surface area contributed by atoms with E-state index in [1.165, 1.54) is 0 Å². The number of nitrogens with two attached hydrogens (primary N) is 2. The van der Waals surface area contributed by atoms with Crippen molar-refractivity contribution < 1.29 is 9.53 Å². The number of rotatable bonds is 5. The van der Waals surface area contributed by atoms with E-state index in [0.29, 0.717) is 23.6 Å². The number of hydrogen-bond acceptors (Lipinski definition) is 3. The fourth-order valence-corrected chi connectivity index (χ4v) is 1.65. The molecule has 0 spiro atoms. The zero-order valence-electron chi connectivity index (χ0n) is 11.3. The molecule has 0 saturated heterocycles. The van der Waals surface area contributed by atoms with Crippen LogP contribution >= 0.6 is 0 Å². The van der Waals surface area contributed by atoms with E-state index in [-0.39, 0.29) is 5.41 Å². The third kappa shape index (κ3) is 4.65. The van der Waals surface area contributed by atoms with Gasteiger partial charge in [0.05, 0.1) is 12.2 Å². The summed E-state index contributed by atoms with van der Waals surface area (Å²) in [5.74, 6) is -0.0151. The molecule has 0 unspecified atom stereocenters. The van der Waals surface area contributed by atoms with Gasteiger partial charge in [-0.2, -0.15) is 0 Å². The van der Waals surface area contributed by atoms with Crippen LogP contribution < -0.4 is 16.2 Å². The minimum atomic E-state index is -0.520. The van der Waals surface area contributed by atoms with E-state index in [1.807, 2.05) is 0 Å². The number of amides is 1. The van der Waals surface area contributed by atoms with Gasteiger partial charge in [-0.3, -0.25) is 4.79 Å². The topological polar surface area (TPSA) is 78.3 Å². The van der Waals surface area contributed by atoms with Gasteiger partial charge in [-0.15, -0.1) is 0 Å². The molecule has 4 heteroatoms. The molecule has 0 aromatic heterocycles. The van der Waals surface area contributed by atoms with E-state index in [9.17, 15) is 4.79 Å². The molecule has 0 aliphatic carbocycles. The molecule has 18 heavy (non-hydrogen) atoms. The molecule has 0 radical (unpaired) electrons. The second-order valence-electron chi connectivity index (χ2n) is 5.63. The molecular formula is C14H22N2O2. The van der Waals surface area contributed by atoms with Crippen LogP contribution in [-0.2, 0) is 0 Å². The number of carbonyl (C=O) groups excluding carboxylic acids is 1. The Balaban J connectivity index is 2.59. The highest BCUT2D eigenvalue weighted by Crippen LogP contribution is 2.23. The Labute approximate surface area is 108 Å². The molecule has 0 bridgehead atoms. The molecule has 0 heterocycles. The minimum Gasteiger partial charge on any atom is -0.493 e. The van der Waals surface area contributed by atoms with Gasteiger partial charge in [0.2, 0.25) is 0 Å². The molecule has 0 fully saturated rings. The second kappa shape index (κ2) is 5.76. The predicted molar refractivity (Wildman–Crippen MR) is 73.6 cm³/mol. The number of primary amides is 1. The standard InChI is InChI=1S/C14H22N2O2/c1-14(2,3)7-4-8-18-12-6-5-10(15)9-11(12)13(16)17/h5-6,9H,4,7-8,15H2,1-3H3,(H2,16,17). The molecule has 1 aromatic carbocycles. The van der Waals surface area contributed by atoms with Gasteiger partial charge >= 0.3 is 0 Å². The number of carbonyl (C=O) groups is 1. The van der Waals surface area contributed by atoms with Gasteiger partial charge in [0.25, 0.3) is 5.91 Å². The molecule has 0 atom stereocenters. The van der Waals surface area contributed by atoms with E-state index < -0.39 is 5.91 Å². The maximum atomic E-state index is 11.3. The highest BCUT2D eigenvalue weighted by Gasteiger charge is 2.12. The van der Waals surface area contributed by atoms with Crippen LogP contribution in [0.3, 0.4) is 0 Å². The van der Waals surface area contributed by atoms with Crippen LogP contribution in [0.2, 0.25) is 0 Å². The van der Waals surface area contributed by atoms with E-state index in [0.717, 1.165) is 12.8 Å². The van der Waals surface area contributed by atoms with Crippen molar-refractivity contribution in [1.82, 2.24) is 0 Å². The van der Waals surface area contributed by atoms with Crippen molar-refractivity contribution in [2.45, 2.75) is 33.6 Å². The lowest BCUT2D eigenvalue weighted by Crippen LogP contribution is -2.14. The van der Waals surface area contributed by atoms with E-state index >= 15 is 0 Å². The maximum Gasteiger partial charge on any atom is 0.252 e. The van der Waals surface area contributed by atoms with Gasteiger partial charge in [0.15, 0.2) is 0 Å². The molecule has 0 aliphatic rings. The maximum absolute atomic E-state index is 11.3. The van der Waals surface area contributed by atoms with Gasteiger partial charge in [0, 0.05) is 5.69 Å². The lowest BCUT2D eigenvalue weighted by molar-refractivity contribution is 0.0996. The zero-order chi connectivity index (χ0) is 13.8. The summed E-state index contributed by atoms with van der Waals surface area (Å²) in [7, 11) is 0. The van der Waals surface area contributed by atoms with Gasteiger partial charge in [-0.25, -0.2) is 0 Å². The van der Waals surface area contributed by atoms with Gasteiger partial charge in [-0.05, 0) is 36.5 Å². The molecule has 0 saturated carbocycles. The van der Waals surface area contributed by atoms with Crippen LogP contribution in [0.4, 0.5) is 5.69 Å². The normalized spacial score (nSPS) is 11.3. The van der Waals surface area contributed by atoms with Crippen LogP contribution in [0, 0.1) is 5.41 Å². The van der Waals surface area contributed by atoms with Crippen molar-refractivity contribution in [3.8, 4) is 5.75 Å². The van der Waals surface area contributed by atoms with E-state index in [4.69, 9.17) is 16.2 Å². The van der Waals surface area contributed by atoms with Gasteiger partial charge in [-0.1, -0.05) is 20.8 Å². The molecule has 1 aromatic rings. The Morgan fingerprint density at radius 2 is 2.00 bits per heavy atom. The first kappa shape index (κ1) is 14.4. The number of ether oxygens (including phenoxy) is 1. The van der Waals surface area contributed by atoms with Gasteiger partial charge in [0.1, 0.15) is 5.75 Å². The molecule has 4 nitrogen and oxygen atoms in total. The summed E-state index contributed by atoms with van der Waals surface area (Å²) in [4.78, 5) is 11.3. The molecular weight excluding hydrogens is 228 g/mol. The van der Waals surface area contributed by atoms with Gasteiger partial charge < -0.3 is 16.2 Å². The predicted octanol–water partition coefficient (Wildman–Crippen LogP) is 2.57. The summed E-state index contributed by atoms with van der Waals surface area (Å²) in [6, 6.07) is 4.93. The van der Waals surface area contributed by atoms with Crippen LogP contribution in [0.25, 0.3) is 0 Å². The van der Waals surface area contributed by atoms with Crippen LogP contribution in [-0.4, -0.2) is 12.5 Å². The Morgan fingerprint density at radius 1 is 1.33 bits per heavy atom. The first-order chi connectivity index (χ1) is 8.29. The molecule has 1 amide bonds. The summed E-state index contributed by atoms with van der Waals surface area (Å²) in [6.45, 7) is 7.13. The molecule has 100 valence electrons. The Bertz CT molecular complexity index is 422. The SMILES string of the molecule is CC(C)(C)CCCOc1ccc(N)cc1C(N)=O. The number of benzene rings is 1. The number of hydrogen-bond donors (Lipinski definition) is 2.